The summed E-state index contributed by atoms with van der Waals surface area (Å²) < 4.78 is 16.3. The number of carboxylic acid groups (broad SMARTS) is 1. The summed E-state index contributed by atoms with van der Waals surface area (Å²) in [5.74, 6) is 2.41. The molecular formula is C25H26O6Zn. The Bertz CT molecular complexity index is 939. The van der Waals surface area contributed by atoms with E-state index < -0.39 is 5.97 Å². The van der Waals surface area contributed by atoms with Gasteiger partial charge >= 0.3 is 19.5 Å². The Morgan fingerprint density at radius 2 is 1.41 bits per heavy atom. The minimum atomic E-state index is -1.14. The normalized spacial score (nSPS) is 9.47. The number of hydrogen-bond acceptors (Lipinski definition) is 5. The summed E-state index contributed by atoms with van der Waals surface area (Å²) in [6.45, 7) is 5.21. The zero-order valence-electron chi connectivity index (χ0n) is 18.5. The van der Waals surface area contributed by atoms with Gasteiger partial charge in [0.15, 0.2) is 0 Å². The first-order valence-corrected chi connectivity index (χ1v) is 9.63. The molecule has 0 fully saturated rings. The average Bonchev–Trinajstić information content (AvgIpc) is 2.78. The number of rotatable bonds is 8. The van der Waals surface area contributed by atoms with E-state index in [9.17, 15) is 4.79 Å². The summed E-state index contributed by atoms with van der Waals surface area (Å²) in [5, 5.41) is 17.3. The van der Waals surface area contributed by atoms with Crippen LogP contribution < -0.4 is 14.2 Å². The van der Waals surface area contributed by atoms with E-state index in [2.05, 4.69) is 32.0 Å². The van der Waals surface area contributed by atoms with Crippen LogP contribution in [-0.4, -0.2) is 36.5 Å². The van der Waals surface area contributed by atoms with Gasteiger partial charge in [0.1, 0.15) is 24.7 Å². The van der Waals surface area contributed by atoms with Crippen LogP contribution in [0.4, 0.5) is 0 Å². The van der Waals surface area contributed by atoms with Crippen LogP contribution in [-0.2, 0) is 19.5 Å². The molecule has 0 amide bonds. The van der Waals surface area contributed by atoms with E-state index in [0.29, 0.717) is 13.2 Å². The van der Waals surface area contributed by atoms with E-state index in [1.165, 1.54) is 29.7 Å². The van der Waals surface area contributed by atoms with Gasteiger partial charge in [-0.3, -0.25) is 4.79 Å². The molecule has 0 aliphatic heterocycles. The predicted octanol–water partition coefficient (Wildman–Crippen LogP) is 5.00. The van der Waals surface area contributed by atoms with Crippen molar-refractivity contribution in [3.8, 4) is 23.0 Å². The van der Waals surface area contributed by atoms with Gasteiger partial charge in [0.25, 0.3) is 5.97 Å². The minimum absolute atomic E-state index is 0. The van der Waals surface area contributed by atoms with Gasteiger partial charge in [0.05, 0.1) is 12.9 Å². The molecule has 0 radical (unpaired) electrons. The molecule has 0 aromatic heterocycles. The summed E-state index contributed by atoms with van der Waals surface area (Å²) in [6.07, 6.45) is 0. The van der Waals surface area contributed by atoms with Gasteiger partial charge < -0.3 is 24.4 Å². The second-order valence-corrected chi connectivity index (χ2v) is 6.65. The van der Waals surface area contributed by atoms with Gasteiger partial charge in [-0.15, -0.1) is 6.07 Å². The van der Waals surface area contributed by atoms with E-state index in [0.717, 1.165) is 17.2 Å². The Morgan fingerprint density at radius 3 is 1.81 bits per heavy atom. The van der Waals surface area contributed by atoms with Crippen LogP contribution in [0.15, 0.2) is 66.7 Å². The Hall–Kier alpha value is -3.18. The molecule has 0 unspecified atom stereocenters. The van der Waals surface area contributed by atoms with E-state index in [-0.39, 0.29) is 30.8 Å². The standard InChI is InChI=1S/C18H21O3.C7H5O3.Zn/c1-14(2)15-4-6-17(7-5-15)20-12-13-21-18-10-8-16(19-3)9-11-18;8-6-4-2-1-3-5(6)7(9)10;/h4-11H,12-13H2,1-3H3;2-4,8H,(H,9,10);/q2*-1;+2. The SMILES string of the molecule is COc1ccc(OCCOc2ccc([C-](C)C)cc2)cc1.O=C(O)c1c[c-]ccc1O.[Zn+2]. The Morgan fingerprint density at radius 1 is 0.906 bits per heavy atom. The summed E-state index contributed by atoms with van der Waals surface area (Å²) in [4.78, 5) is 10.2. The number of phenols is 1. The van der Waals surface area contributed by atoms with Gasteiger partial charge in [-0.05, 0) is 29.8 Å². The summed E-state index contributed by atoms with van der Waals surface area (Å²) in [7, 11) is 1.65. The smallest absolute Gasteiger partial charge is 0.533 e. The van der Waals surface area contributed by atoms with Gasteiger partial charge in [-0.2, -0.15) is 41.8 Å². The summed E-state index contributed by atoms with van der Waals surface area (Å²) >= 11 is 0. The van der Waals surface area contributed by atoms with Crippen LogP contribution in [0.3, 0.4) is 0 Å². The molecule has 0 bridgehead atoms. The van der Waals surface area contributed by atoms with Crippen molar-refractivity contribution in [2.75, 3.05) is 20.3 Å². The fourth-order valence-corrected chi connectivity index (χ4v) is 2.47. The molecule has 0 aliphatic carbocycles. The maximum absolute atomic E-state index is 10.2. The minimum Gasteiger partial charge on any atom is -0.533 e. The third-order valence-corrected chi connectivity index (χ3v) is 4.18. The van der Waals surface area contributed by atoms with E-state index >= 15 is 0 Å². The van der Waals surface area contributed by atoms with E-state index in [1.807, 2.05) is 36.4 Å². The summed E-state index contributed by atoms with van der Waals surface area (Å²) in [5.41, 5.74) is 1.11. The van der Waals surface area contributed by atoms with Crippen molar-refractivity contribution >= 4 is 5.97 Å². The molecule has 32 heavy (non-hydrogen) atoms. The van der Waals surface area contributed by atoms with Crippen molar-refractivity contribution in [3.05, 3.63) is 89.8 Å². The first-order chi connectivity index (χ1) is 14.9. The van der Waals surface area contributed by atoms with Crippen molar-refractivity contribution < 1.29 is 48.7 Å². The molecule has 2 N–H and O–H groups in total. The fraction of sp³-hybridized carbons (Fsp3) is 0.200. The molecule has 3 rings (SSSR count). The number of carboxylic acids is 1. The van der Waals surface area contributed by atoms with Crippen LogP contribution in [0.5, 0.6) is 23.0 Å². The molecule has 0 heterocycles. The second kappa shape index (κ2) is 14.0. The fourth-order valence-electron chi connectivity index (χ4n) is 2.47. The predicted molar refractivity (Wildman–Crippen MR) is 118 cm³/mol. The third-order valence-electron chi connectivity index (χ3n) is 4.18. The average molecular weight is 488 g/mol. The Balaban J connectivity index is 0.000000393. The number of aromatic carboxylic acids is 1. The molecule has 0 aliphatic rings. The maximum atomic E-state index is 10.2. The topological polar surface area (TPSA) is 85.2 Å². The first kappa shape index (κ1) is 26.9. The van der Waals surface area contributed by atoms with Crippen molar-refractivity contribution in [3.63, 3.8) is 0 Å². The first-order valence-electron chi connectivity index (χ1n) is 9.63. The number of methoxy groups -OCH3 is 1. The van der Waals surface area contributed by atoms with Crippen LogP contribution >= 0.6 is 0 Å². The van der Waals surface area contributed by atoms with Gasteiger partial charge in [0.2, 0.25) is 0 Å². The van der Waals surface area contributed by atoms with Gasteiger partial charge in [0, 0.05) is 5.75 Å². The number of carbonyl (C=O) groups is 1. The van der Waals surface area contributed by atoms with E-state index in [4.69, 9.17) is 24.4 Å². The van der Waals surface area contributed by atoms with Crippen molar-refractivity contribution in [2.24, 2.45) is 0 Å². The van der Waals surface area contributed by atoms with Crippen LogP contribution in [0.25, 0.3) is 0 Å². The van der Waals surface area contributed by atoms with Crippen LogP contribution in [0.2, 0.25) is 0 Å². The van der Waals surface area contributed by atoms with E-state index in [1.54, 1.807) is 7.11 Å². The number of benzene rings is 3. The van der Waals surface area contributed by atoms with Crippen LogP contribution in [0.1, 0.15) is 29.8 Å². The maximum Gasteiger partial charge on any atom is 2.00 e. The van der Waals surface area contributed by atoms with Crippen molar-refractivity contribution in [1.82, 2.24) is 0 Å². The second-order valence-electron chi connectivity index (χ2n) is 6.65. The summed E-state index contributed by atoms with van der Waals surface area (Å²) in [6, 6.07) is 22.1. The molecule has 6 nitrogen and oxygen atoms in total. The Kier molecular flexibility index (Phi) is 11.7. The molecule has 0 spiro atoms. The number of hydrogen-bond donors (Lipinski definition) is 2. The quantitative estimate of drug-likeness (QED) is 0.264. The van der Waals surface area contributed by atoms with Gasteiger partial charge in [-0.25, -0.2) is 0 Å². The molecule has 3 aromatic carbocycles. The Labute approximate surface area is 201 Å². The monoisotopic (exact) mass is 486 g/mol. The van der Waals surface area contributed by atoms with Crippen LogP contribution in [0, 0.1) is 12.0 Å². The van der Waals surface area contributed by atoms with Gasteiger partial charge in [-0.1, -0.05) is 26.0 Å². The third kappa shape index (κ3) is 8.90. The zero-order valence-corrected chi connectivity index (χ0v) is 21.5. The molecule has 164 valence electrons. The van der Waals surface area contributed by atoms with Crippen molar-refractivity contribution in [2.45, 2.75) is 13.8 Å². The number of ether oxygens (including phenoxy) is 3. The largest absolute Gasteiger partial charge is 2.00 e. The number of aromatic hydroxyl groups is 1. The zero-order chi connectivity index (χ0) is 22.6. The van der Waals surface area contributed by atoms with Crippen molar-refractivity contribution in [1.29, 1.82) is 0 Å². The molecule has 7 heteroatoms. The molecule has 0 atom stereocenters. The molecule has 0 saturated carbocycles. The molecule has 0 saturated heterocycles. The molecule has 3 aromatic rings. The molecular weight excluding hydrogens is 462 g/mol.